The first kappa shape index (κ1) is 15.5. The molecule has 4 unspecified atom stereocenters. The Morgan fingerprint density at radius 3 is 2.56 bits per heavy atom. The number of allylic oxidation sites excluding steroid dienone is 8. The molecule has 4 aliphatic rings. The van der Waals surface area contributed by atoms with E-state index in [1.165, 1.54) is 52.7 Å². The van der Waals surface area contributed by atoms with E-state index >= 15 is 0 Å². The van der Waals surface area contributed by atoms with Crippen molar-refractivity contribution in [3.63, 3.8) is 0 Å². The first-order valence-electron chi connectivity index (χ1n) is 10.3. The molecule has 0 amide bonds. The molecule has 0 spiro atoms. The van der Waals surface area contributed by atoms with Crippen molar-refractivity contribution in [2.45, 2.75) is 19.3 Å². The van der Waals surface area contributed by atoms with Crippen LogP contribution in [-0.4, -0.2) is 0 Å². The largest absolute Gasteiger partial charge is 0.0836 e. The summed E-state index contributed by atoms with van der Waals surface area (Å²) < 4.78 is 0. The fraction of sp³-hybridized carbons (Fsp3) is 0.259. The number of hydrogen-bond donors (Lipinski definition) is 0. The van der Waals surface area contributed by atoms with Crippen molar-refractivity contribution in [3.05, 3.63) is 96.1 Å². The van der Waals surface area contributed by atoms with E-state index in [0.29, 0.717) is 0 Å². The summed E-state index contributed by atoms with van der Waals surface area (Å²) in [5, 5.41) is 0. The first-order valence-corrected chi connectivity index (χ1v) is 10.3. The van der Waals surface area contributed by atoms with Crippen molar-refractivity contribution < 1.29 is 0 Å². The highest BCUT2D eigenvalue weighted by molar-refractivity contribution is 5.84. The number of rotatable bonds is 3. The van der Waals surface area contributed by atoms with Crippen LogP contribution < -0.4 is 0 Å². The van der Waals surface area contributed by atoms with E-state index in [9.17, 15) is 0 Å². The summed E-state index contributed by atoms with van der Waals surface area (Å²) in [6.07, 6.45) is 18.2. The van der Waals surface area contributed by atoms with E-state index in [1.807, 2.05) is 0 Å². The minimum atomic E-state index is 0.736. The summed E-state index contributed by atoms with van der Waals surface area (Å²) in [5.74, 6) is 3.20. The van der Waals surface area contributed by atoms with E-state index in [0.717, 1.165) is 23.7 Å². The molecule has 2 saturated carbocycles. The Bertz CT molecular complexity index is 1020. The SMILES string of the molecule is C1=CC2CC2C(c2cc(C3=CC4CC4CC=C3)cc(-c3ccccc3)c2)=C1. The van der Waals surface area contributed by atoms with Gasteiger partial charge in [-0.3, -0.25) is 0 Å². The predicted molar refractivity (Wildman–Crippen MR) is 114 cm³/mol. The van der Waals surface area contributed by atoms with Gasteiger partial charge in [-0.15, -0.1) is 0 Å². The van der Waals surface area contributed by atoms with Crippen LogP contribution in [0.5, 0.6) is 0 Å². The summed E-state index contributed by atoms with van der Waals surface area (Å²) in [5.41, 5.74) is 8.38. The van der Waals surface area contributed by atoms with Crippen molar-refractivity contribution in [2.75, 3.05) is 0 Å². The van der Waals surface area contributed by atoms with Crippen LogP contribution in [0.25, 0.3) is 22.3 Å². The minimum absolute atomic E-state index is 0.736. The third-order valence-corrected chi connectivity index (χ3v) is 6.69. The zero-order chi connectivity index (χ0) is 17.8. The fourth-order valence-electron chi connectivity index (χ4n) is 4.87. The maximum Gasteiger partial charge on any atom is -0.00869 e. The lowest BCUT2D eigenvalue weighted by Crippen LogP contribution is -1.95. The molecule has 132 valence electrons. The molecular weight excluding hydrogens is 324 g/mol. The molecule has 0 saturated heterocycles. The molecule has 0 aromatic heterocycles. The average molecular weight is 348 g/mol. The molecule has 0 bridgehead atoms. The summed E-state index contributed by atoms with van der Waals surface area (Å²) in [6.45, 7) is 0. The van der Waals surface area contributed by atoms with Crippen molar-refractivity contribution in [2.24, 2.45) is 23.7 Å². The summed E-state index contributed by atoms with van der Waals surface area (Å²) in [7, 11) is 0. The minimum Gasteiger partial charge on any atom is -0.0836 e. The molecule has 4 aliphatic carbocycles. The van der Waals surface area contributed by atoms with Crippen LogP contribution in [0.1, 0.15) is 30.4 Å². The summed E-state index contributed by atoms with van der Waals surface area (Å²) in [6, 6.07) is 18.1. The van der Waals surface area contributed by atoms with Gasteiger partial charge in [0.25, 0.3) is 0 Å². The predicted octanol–water partition coefficient (Wildman–Crippen LogP) is 6.92. The highest BCUT2D eigenvalue weighted by Crippen LogP contribution is 2.52. The number of fused-ring (bicyclic) bond motifs is 2. The molecule has 4 atom stereocenters. The fourth-order valence-corrected chi connectivity index (χ4v) is 4.87. The van der Waals surface area contributed by atoms with Crippen LogP contribution in [0, 0.1) is 23.7 Å². The van der Waals surface area contributed by atoms with Crippen LogP contribution in [0.3, 0.4) is 0 Å². The molecule has 2 fully saturated rings. The van der Waals surface area contributed by atoms with E-state index in [2.05, 4.69) is 85.0 Å². The maximum absolute atomic E-state index is 2.52. The lowest BCUT2D eigenvalue weighted by molar-refractivity contribution is 0.813. The van der Waals surface area contributed by atoms with Gasteiger partial charge in [0.2, 0.25) is 0 Å². The van der Waals surface area contributed by atoms with Gasteiger partial charge < -0.3 is 0 Å². The molecule has 0 heteroatoms. The van der Waals surface area contributed by atoms with Gasteiger partial charge in [-0.2, -0.15) is 0 Å². The van der Waals surface area contributed by atoms with Gasteiger partial charge in [0.05, 0.1) is 0 Å². The molecule has 0 nitrogen and oxygen atoms in total. The van der Waals surface area contributed by atoms with Gasteiger partial charge in [0.15, 0.2) is 0 Å². The Hall–Kier alpha value is -2.60. The van der Waals surface area contributed by atoms with Crippen LogP contribution in [0.4, 0.5) is 0 Å². The highest BCUT2D eigenvalue weighted by atomic mass is 14.4. The normalized spacial score (nSPS) is 29.9. The Labute approximate surface area is 161 Å². The van der Waals surface area contributed by atoms with E-state index < -0.39 is 0 Å². The van der Waals surface area contributed by atoms with E-state index in [-0.39, 0.29) is 0 Å². The maximum atomic E-state index is 2.52. The van der Waals surface area contributed by atoms with Crippen LogP contribution in [-0.2, 0) is 0 Å². The van der Waals surface area contributed by atoms with Crippen molar-refractivity contribution in [1.82, 2.24) is 0 Å². The molecule has 2 aromatic rings. The molecule has 0 aliphatic heterocycles. The van der Waals surface area contributed by atoms with Crippen molar-refractivity contribution >= 4 is 11.1 Å². The first-order chi connectivity index (χ1) is 13.3. The molecule has 2 aromatic carbocycles. The van der Waals surface area contributed by atoms with Crippen LogP contribution in [0.2, 0.25) is 0 Å². The van der Waals surface area contributed by atoms with Gasteiger partial charge >= 0.3 is 0 Å². The van der Waals surface area contributed by atoms with Gasteiger partial charge in [-0.1, -0.05) is 66.8 Å². The van der Waals surface area contributed by atoms with Gasteiger partial charge in [0, 0.05) is 0 Å². The van der Waals surface area contributed by atoms with Crippen molar-refractivity contribution in [3.8, 4) is 11.1 Å². The molecule has 0 heterocycles. The van der Waals surface area contributed by atoms with Gasteiger partial charge in [-0.05, 0) is 94.5 Å². The number of benzene rings is 2. The second kappa shape index (κ2) is 5.96. The molecule has 0 N–H and O–H groups in total. The van der Waals surface area contributed by atoms with Crippen molar-refractivity contribution in [1.29, 1.82) is 0 Å². The second-order valence-corrected chi connectivity index (χ2v) is 8.60. The lowest BCUT2D eigenvalue weighted by atomic mass is 9.89. The van der Waals surface area contributed by atoms with Crippen LogP contribution in [0.15, 0.2) is 85.0 Å². The Balaban J connectivity index is 1.50. The van der Waals surface area contributed by atoms with E-state index in [4.69, 9.17) is 0 Å². The topological polar surface area (TPSA) is 0 Å². The molecule has 0 radical (unpaired) electrons. The Kier molecular flexibility index (Phi) is 3.41. The summed E-state index contributed by atoms with van der Waals surface area (Å²) >= 11 is 0. The standard InChI is InChI=1S/C27H24/c1-2-6-18(7-3-1)22-14-24(20-9-4-8-19-12-23(19)13-20)16-25(15-22)26-11-5-10-21-17-27(21)26/h1-7,9-11,13-16,19,21,23,27H,8,12,17H2. The third kappa shape index (κ3) is 2.84. The van der Waals surface area contributed by atoms with Crippen LogP contribution >= 0.6 is 0 Å². The zero-order valence-corrected chi connectivity index (χ0v) is 15.5. The monoisotopic (exact) mass is 348 g/mol. The zero-order valence-electron chi connectivity index (χ0n) is 15.5. The van der Waals surface area contributed by atoms with Gasteiger partial charge in [-0.25, -0.2) is 0 Å². The smallest absolute Gasteiger partial charge is 0.00869 e. The number of hydrogen-bond acceptors (Lipinski definition) is 0. The average Bonchev–Trinajstić information content (AvgIpc) is 3.60. The summed E-state index contributed by atoms with van der Waals surface area (Å²) in [4.78, 5) is 0. The second-order valence-electron chi connectivity index (χ2n) is 8.60. The Morgan fingerprint density at radius 1 is 0.778 bits per heavy atom. The molecule has 6 rings (SSSR count). The molecular formula is C27H24. The molecule has 27 heavy (non-hydrogen) atoms. The quantitative estimate of drug-likeness (QED) is 0.564. The van der Waals surface area contributed by atoms with Gasteiger partial charge in [0.1, 0.15) is 0 Å². The highest BCUT2D eigenvalue weighted by Gasteiger charge is 2.39. The Morgan fingerprint density at radius 2 is 1.63 bits per heavy atom. The van der Waals surface area contributed by atoms with E-state index in [1.54, 1.807) is 0 Å². The third-order valence-electron chi connectivity index (χ3n) is 6.69. The lowest BCUT2D eigenvalue weighted by Gasteiger charge is -2.15.